The quantitative estimate of drug-likeness (QED) is 0.740. The molecule has 0 saturated heterocycles. The summed E-state index contributed by atoms with van der Waals surface area (Å²) in [6.07, 6.45) is -4.89. The highest BCUT2D eigenvalue weighted by Crippen LogP contribution is 2.27. The van der Waals surface area contributed by atoms with E-state index >= 15 is 0 Å². The summed E-state index contributed by atoms with van der Waals surface area (Å²) in [6, 6.07) is 10.6. The van der Waals surface area contributed by atoms with E-state index in [1.54, 1.807) is 30.3 Å². The number of hydrogen-bond acceptors (Lipinski definition) is 4. The third-order valence-electron chi connectivity index (χ3n) is 3.70. The van der Waals surface area contributed by atoms with Crippen LogP contribution < -0.4 is 9.46 Å². The zero-order valence-electron chi connectivity index (χ0n) is 14.0. The van der Waals surface area contributed by atoms with Gasteiger partial charge in [-0.05, 0) is 29.8 Å². The van der Waals surface area contributed by atoms with Crippen LogP contribution in [0.2, 0.25) is 0 Å². The molecule has 146 valence electrons. The van der Waals surface area contributed by atoms with Gasteiger partial charge in [-0.25, -0.2) is 13.1 Å². The predicted octanol–water partition coefficient (Wildman–Crippen LogP) is 3.33. The Bertz CT molecular complexity index is 883. The normalized spacial score (nSPS) is 14.4. The maximum Gasteiger partial charge on any atom is 0.573 e. The summed E-state index contributed by atoms with van der Waals surface area (Å²) >= 11 is 0. The number of nitrogens with one attached hydrogen (secondary N) is 1. The lowest BCUT2D eigenvalue weighted by molar-refractivity contribution is -0.274. The molecule has 0 aromatic heterocycles. The molecule has 2 N–H and O–H groups in total. The molecule has 2 aromatic carbocycles. The highest BCUT2D eigenvalue weighted by molar-refractivity contribution is 7.89. The van der Waals surface area contributed by atoms with Gasteiger partial charge in [0.15, 0.2) is 0 Å². The van der Waals surface area contributed by atoms with Gasteiger partial charge in [0.05, 0.1) is 16.9 Å². The molecule has 0 heterocycles. The molecule has 0 spiro atoms. The smallest absolute Gasteiger partial charge is 0.481 e. The Morgan fingerprint density at radius 1 is 1.07 bits per heavy atom. The fourth-order valence-electron chi connectivity index (χ4n) is 2.32. The van der Waals surface area contributed by atoms with Crippen molar-refractivity contribution in [2.24, 2.45) is 5.92 Å². The molecule has 0 amide bonds. The third kappa shape index (κ3) is 5.69. The molecule has 0 fully saturated rings. The van der Waals surface area contributed by atoms with Gasteiger partial charge < -0.3 is 9.84 Å². The Hall–Kier alpha value is -2.59. The maximum absolute atomic E-state index is 12.6. The van der Waals surface area contributed by atoms with Crippen LogP contribution in [0.25, 0.3) is 0 Å². The van der Waals surface area contributed by atoms with Crippen LogP contribution in [0.5, 0.6) is 5.75 Å². The molecule has 0 aliphatic rings. The second-order valence-corrected chi connectivity index (χ2v) is 7.37. The Balaban J connectivity index is 2.29. The van der Waals surface area contributed by atoms with E-state index < -0.39 is 40.1 Å². The number of carboxylic acid groups (broad SMARTS) is 1. The molecule has 2 rings (SSSR count). The van der Waals surface area contributed by atoms with Gasteiger partial charge in [-0.3, -0.25) is 4.79 Å². The van der Waals surface area contributed by atoms with Crippen LogP contribution in [0.3, 0.4) is 0 Å². The minimum Gasteiger partial charge on any atom is -0.481 e. The van der Waals surface area contributed by atoms with E-state index in [4.69, 9.17) is 0 Å². The summed E-state index contributed by atoms with van der Waals surface area (Å²) in [5.74, 6) is -2.87. The Morgan fingerprint density at radius 3 is 2.11 bits per heavy atom. The molecule has 2 atom stereocenters. The minimum absolute atomic E-state index is 0.324. The molecule has 0 unspecified atom stereocenters. The minimum atomic E-state index is -4.89. The topological polar surface area (TPSA) is 92.7 Å². The lowest BCUT2D eigenvalue weighted by Crippen LogP contribution is -2.35. The van der Waals surface area contributed by atoms with E-state index in [1.807, 2.05) is 0 Å². The van der Waals surface area contributed by atoms with Crippen LogP contribution >= 0.6 is 0 Å². The van der Waals surface area contributed by atoms with Crippen molar-refractivity contribution in [1.29, 1.82) is 0 Å². The first-order valence-electron chi connectivity index (χ1n) is 7.65. The summed E-state index contributed by atoms with van der Waals surface area (Å²) < 4.78 is 67.7. The Morgan fingerprint density at radius 2 is 1.63 bits per heavy atom. The molecule has 0 saturated carbocycles. The SMILES string of the molecule is C[C@H](C(=O)O)[C@@H](NS(=O)(=O)c1ccc(OC(F)(F)F)cc1)c1ccccc1. The van der Waals surface area contributed by atoms with Crippen LogP contribution in [0, 0.1) is 5.92 Å². The second-order valence-electron chi connectivity index (χ2n) is 5.66. The van der Waals surface area contributed by atoms with Crippen molar-refractivity contribution in [3.05, 3.63) is 60.2 Å². The van der Waals surface area contributed by atoms with Crippen LogP contribution in [-0.4, -0.2) is 25.9 Å². The lowest BCUT2D eigenvalue weighted by Gasteiger charge is -2.23. The van der Waals surface area contributed by atoms with Gasteiger partial charge >= 0.3 is 12.3 Å². The van der Waals surface area contributed by atoms with Gasteiger partial charge in [0, 0.05) is 0 Å². The van der Waals surface area contributed by atoms with Crippen LogP contribution in [0.4, 0.5) is 13.2 Å². The molecule has 2 aromatic rings. The average molecular weight is 403 g/mol. The first-order valence-corrected chi connectivity index (χ1v) is 9.14. The van der Waals surface area contributed by atoms with Crippen LogP contribution in [0.1, 0.15) is 18.5 Å². The monoisotopic (exact) mass is 403 g/mol. The number of ether oxygens (including phenoxy) is 1. The molecular weight excluding hydrogens is 387 g/mol. The highest BCUT2D eigenvalue weighted by atomic mass is 32.2. The van der Waals surface area contributed by atoms with Gasteiger partial charge in [-0.15, -0.1) is 13.2 Å². The van der Waals surface area contributed by atoms with Crippen molar-refractivity contribution in [2.75, 3.05) is 0 Å². The summed E-state index contributed by atoms with van der Waals surface area (Å²) in [7, 11) is -4.20. The van der Waals surface area contributed by atoms with Gasteiger partial charge in [0.25, 0.3) is 0 Å². The van der Waals surface area contributed by atoms with Crippen LogP contribution in [0.15, 0.2) is 59.5 Å². The number of carboxylic acids is 1. The molecule has 27 heavy (non-hydrogen) atoms. The third-order valence-corrected chi connectivity index (χ3v) is 5.15. The molecule has 6 nitrogen and oxygen atoms in total. The zero-order chi connectivity index (χ0) is 20.2. The fraction of sp³-hybridized carbons (Fsp3) is 0.235. The number of halogens is 3. The maximum atomic E-state index is 12.6. The number of carbonyl (C=O) groups is 1. The van der Waals surface area contributed by atoms with Crippen molar-refractivity contribution in [3.8, 4) is 5.75 Å². The average Bonchev–Trinajstić information content (AvgIpc) is 2.59. The van der Waals surface area contributed by atoms with E-state index in [9.17, 15) is 31.5 Å². The summed E-state index contributed by atoms with van der Waals surface area (Å²) in [5.41, 5.74) is 0.438. The lowest BCUT2D eigenvalue weighted by atomic mass is 9.96. The molecule has 0 bridgehead atoms. The van der Waals surface area contributed by atoms with Crippen molar-refractivity contribution in [1.82, 2.24) is 4.72 Å². The number of benzene rings is 2. The van der Waals surface area contributed by atoms with Crippen molar-refractivity contribution in [3.63, 3.8) is 0 Å². The van der Waals surface area contributed by atoms with Crippen LogP contribution in [-0.2, 0) is 14.8 Å². The standard InChI is InChI=1S/C17H16F3NO5S/c1-11(16(22)23)15(12-5-3-2-4-6-12)21-27(24,25)14-9-7-13(8-10-14)26-17(18,19)20/h2-11,15,21H,1H3,(H,22,23)/t11-,15+/m0/s1. The summed E-state index contributed by atoms with van der Waals surface area (Å²) in [6.45, 7) is 1.35. The summed E-state index contributed by atoms with van der Waals surface area (Å²) in [5, 5.41) is 9.27. The number of hydrogen-bond donors (Lipinski definition) is 2. The van der Waals surface area contributed by atoms with E-state index in [0.29, 0.717) is 5.56 Å². The van der Waals surface area contributed by atoms with Gasteiger partial charge in [0.1, 0.15) is 5.75 Å². The molecule has 0 radical (unpaired) electrons. The molecule has 10 heteroatoms. The fourth-order valence-corrected chi connectivity index (χ4v) is 3.62. The zero-order valence-corrected chi connectivity index (χ0v) is 14.8. The first kappa shape index (κ1) is 20.7. The number of aliphatic carboxylic acids is 1. The van der Waals surface area contributed by atoms with E-state index in [1.165, 1.54) is 6.92 Å². The van der Waals surface area contributed by atoms with E-state index in [0.717, 1.165) is 24.3 Å². The van der Waals surface area contributed by atoms with E-state index in [2.05, 4.69) is 9.46 Å². The number of sulfonamides is 1. The number of alkyl halides is 3. The summed E-state index contributed by atoms with van der Waals surface area (Å²) in [4.78, 5) is 11.0. The van der Waals surface area contributed by atoms with Crippen molar-refractivity contribution in [2.45, 2.75) is 24.2 Å². The van der Waals surface area contributed by atoms with Gasteiger partial charge in [-0.1, -0.05) is 37.3 Å². The molecular formula is C17H16F3NO5S. The first-order chi connectivity index (χ1) is 12.5. The van der Waals surface area contributed by atoms with E-state index in [-0.39, 0.29) is 4.90 Å². The Labute approximate surface area is 153 Å². The largest absolute Gasteiger partial charge is 0.573 e. The van der Waals surface area contributed by atoms with Crippen molar-refractivity contribution >= 4 is 16.0 Å². The molecule has 0 aliphatic heterocycles. The molecule has 0 aliphatic carbocycles. The van der Waals surface area contributed by atoms with Gasteiger partial charge in [-0.2, -0.15) is 0 Å². The van der Waals surface area contributed by atoms with Crippen molar-refractivity contribution < 1.29 is 36.2 Å². The van der Waals surface area contributed by atoms with Gasteiger partial charge in [0.2, 0.25) is 10.0 Å². The highest BCUT2D eigenvalue weighted by Gasteiger charge is 2.32. The predicted molar refractivity (Wildman–Crippen MR) is 89.4 cm³/mol. The number of rotatable bonds is 7. The Kier molecular flexibility index (Phi) is 6.11. The second kappa shape index (κ2) is 7.97.